The number of rotatable bonds is 3. The number of hydrogen-bond donors (Lipinski definition) is 0. The maximum absolute atomic E-state index is 12.4. The number of nitriles is 1. The number of morpholine rings is 1. The Morgan fingerprint density at radius 3 is 2.86 bits per heavy atom. The molecule has 1 aliphatic heterocycles. The molecule has 0 bridgehead atoms. The van der Waals surface area contributed by atoms with Crippen LogP contribution in [0.25, 0.3) is 0 Å². The third-order valence-corrected chi connectivity index (χ3v) is 3.98. The summed E-state index contributed by atoms with van der Waals surface area (Å²) in [6.45, 7) is 6.81. The van der Waals surface area contributed by atoms with E-state index in [1.807, 2.05) is 13.0 Å². The Morgan fingerprint density at radius 2 is 2.23 bits per heavy atom. The highest BCUT2D eigenvalue weighted by atomic mass is 16.5. The smallest absolute Gasteiger partial charge is 0.285 e. The Hall–Kier alpha value is -2.20. The molecule has 1 fully saturated rings. The zero-order chi connectivity index (χ0) is 16.3. The molecule has 1 aromatic heterocycles. The second-order valence-corrected chi connectivity index (χ2v) is 5.40. The van der Waals surface area contributed by atoms with Crippen LogP contribution in [0.3, 0.4) is 0 Å². The van der Waals surface area contributed by atoms with Gasteiger partial charge in [-0.1, -0.05) is 6.92 Å². The maximum atomic E-state index is 12.4. The summed E-state index contributed by atoms with van der Waals surface area (Å²) in [4.78, 5) is 26.2. The van der Waals surface area contributed by atoms with Crippen molar-refractivity contribution in [3.63, 3.8) is 0 Å². The van der Waals surface area contributed by atoms with E-state index in [1.165, 1.54) is 0 Å². The van der Waals surface area contributed by atoms with Gasteiger partial charge in [-0.05, 0) is 25.8 Å². The fourth-order valence-corrected chi connectivity index (χ4v) is 2.43. The number of hydrogen-bond acceptors (Lipinski definition) is 5. The van der Waals surface area contributed by atoms with Crippen molar-refractivity contribution in [3.8, 4) is 6.07 Å². The van der Waals surface area contributed by atoms with Gasteiger partial charge in [-0.3, -0.25) is 9.59 Å². The van der Waals surface area contributed by atoms with Crippen molar-refractivity contribution < 1.29 is 9.53 Å². The van der Waals surface area contributed by atoms with Crippen LogP contribution in [0.5, 0.6) is 0 Å². The van der Waals surface area contributed by atoms with Crippen molar-refractivity contribution in [1.29, 1.82) is 5.26 Å². The van der Waals surface area contributed by atoms with E-state index in [4.69, 9.17) is 10.00 Å². The van der Waals surface area contributed by atoms with Crippen molar-refractivity contribution in [3.05, 3.63) is 27.2 Å². The van der Waals surface area contributed by atoms with Crippen LogP contribution < -0.4 is 5.56 Å². The second kappa shape index (κ2) is 6.71. The van der Waals surface area contributed by atoms with Gasteiger partial charge in [-0.2, -0.15) is 10.4 Å². The van der Waals surface area contributed by atoms with Crippen molar-refractivity contribution in [2.24, 2.45) is 0 Å². The summed E-state index contributed by atoms with van der Waals surface area (Å²) in [7, 11) is 0. The standard InChI is InChI=1S/C15H20N4O3/c1-4-12-8-18(5-6-22-12)14(20)9-19-15(21)13(7-16)10(2)11(3)17-19/h12H,4-6,8-9H2,1-3H3/t12-/m0/s1. The Kier molecular flexibility index (Phi) is 4.93. The van der Waals surface area contributed by atoms with E-state index in [1.54, 1.807) is 18.7 Å². The predicted molar refractivity (Wildman–Crippen MR) is 79.3 cm³/mol. The number of carbonyl (C=O) groups is 1. The molecule has 22 heavy (non-hydrogen) atoms. The first kappa shape index (κ1) is 16.2. The van der Waals surface area contributed by atoms with Crippen molar-refractivity contribution in [2.45, 2.75) is 39.8 Å². The number of aromatic nitrogens is 2. The molecule has 1 aliphatic rings. The average Bonchev–Trinajstić information content (AvgIpc) is 2.53. The maximum Gasteiger partial charge on any atom is 0.285 e. The highest BCUT2D eigenvalue weighted by Gasteiger charge is 2.24. The molecule has 0 spiro atoms. The summed E-state index contributed by atoms with van der Waals surface area (Å²) in [6, 6.07) is 1.90. The number of carbonyl (C=O) groups excluding carboxylic acids is 1. The molecule has 0 unspecified atom stereocenters. The lowest BCUT2D eigenvalue weighted by molar-refractivity contribution is -0.139. The van der Waals surface area contributed by atoms with Gasteiger partial charge in [0.05, 0.1) is 18.4 Å². The van der Waals surface area contributed by atoms with E-state index in [0.29, 0.717) is 31.0 Å². The lowest BCUT2D eigenvalue weighted by atomic mass is 10.1. The molecule has 7 heteroatoms. The molecule has 0 N–H and O–H groups in total. The number of nitrogens with zero attached hydrogens (tertiary/aromatic N) is 4. The van der Waals surface area contributed by atoms with E-state index < -0.39 is 5.56 Å². The van der Waals surface area contributed by atoms with E-state index in [9.17, 15) is 9.59 Å². The van der Waals surface area contributed by atoms with E-state index in [-0.39, 0.29) is 24.1 Å². The third-order valence-electron chi connectivity index (χ3n) is 3.98. The largest absolute Gasteiger partial charge is 0.375 e. The van der Waals surface area contributed by atoms with Gasteiger partial charge in [-0.15, -0.1) is 0 Å². The lowest BCUT2D eigenvalue weighted by Crippen LogP contribution is -2.47. The van der Waals surface area contributed by atoms with Gasteiger partial charge in [0.1, 0.15) is 18.2 Å². The van der Waals surface area contributed by atoms with Crippen LogP contribution in [-0.4, -0.2) is 46.4 Å². The summed E-state index contributed by atoms with van der Waals surface area (Å²) < 4.78 is 6.61. The summed E-state index contributed by atoms with van der Waals surface area (Å²) >= 11 is 0. The first-order valence-electron chi connectivity index (χ1n) is 7.35. The minimum atomic E-state index is -0.515. The van der Waals surface area contributed by atoms with Crippen LogP contribution in [0.1, 0.15) is 30.2 Å². The van der Waals surface area contributed by atoms with Crippen molar-refractivity contribution in [2.75, 3.05) is 19.7 Å². The normalized spacial score (nSPS) is 18.1. The molecule has 1 amide bonds. The fourth-order valence-electron chi connectivity index (χ4n) is 2.43. The Balaban J connectivity index is 2.21. The van der Waals surface area contributed by atoms with E-state index in [0.717, 1.165) is 11.1 Å². The van der Waals surface area contributed by atoms with Crippen molar-refractivity contribution in [1.82, 2.24) is 14.7 Å². The van der Waals surface area contributed by atoms with Crippen LogP contribution in [-0.2, 0) is 16.1 Å². The molecule has 0 aromatic carbocycles. The van der Waals surface area contributed by atoms with Crippen LogP contribution >= 0.6 is 0 Å². The Morgan fingerprint density at radius 1 is 1.50 bits per heavy atom. The zero-order valence-electron chi connectivity index (χ0n) is 13.1. The van der Waals surface area contributed by atoms with E-state index in [2.05, 4.69) is 5.10 Å². The first-order chi connectivity index (χ1) is 10.5. The van der Waals surface area contributed by atoms with Crippen LogP contribution in [0, 0.1) is 25.2 Å². The minimum Gasteiger partial charge on any atom is -0.375 e. The monoisotopic (exact) mass is 304 g/mol. The van der Waals surface area contributed by atoms with Gasteiger partial charge in [-0.25, -0.2) is 4.68 Å². The highest BCUT2D eigenvalue weighted by Crippen LogP contribution is 2.09. The van der Waals surface area contributed by atoms with Crippen LogP contribution in [0.2, 0.25) is 0 Å². The summed E-state index contributed by atoms with van der Waals surface area (Å²) in [5.74, 6) is -0.177. The highest BCUT2D eigenvalue weighted by molar-refractivity contribution is 5.76. The molecule has 118 valence electrons. The molecule has 2 rings (SSSR count). The Bertz CT molecular complexity index is 675. The first-order valence-corrected chi connectivity index (χ1v) is 7.35. The number of aryl methyl sites for hydroxylation is 1. The molecule has 1 aromatic rings. The van der Waals surface area contributed by atoms with Crippen molar-refractivity contribution >= 4 is 5.91 Å². The van der Waals surface area contributed by atoms with Gasteiger partial charge in [0.15, 0.2) is 0 Å². The summed E-state index contributed by atoms with van der Waals surface area (Å²) in [5, 5.41) is 13.2. The topological polar surface area (TPSA) is 88.2 Å². The number of ether oxygens (including phenoxy) is 1. The minimum absolute atomic E-state index is 0.0387. The number of amides is 1. The molecular formula is C15H20N4O3. The molecule has 0 radical (unpaired) electrons. The molecule has 7 nitrogen and oxygen atoms in total. The predicted octanol–water partition coefficient (Wildman–Crippen LogP) is 0.369. The fraction of sp³-hybridized carbons (Fsp3) is 0.600. The molecular weight excluding hydrogens is 284 g/mol. The molecule has 1 saturated heterocycles. The molecule has 0 aliphatic carbocycles. The van der Waals surface area contributed by atoms with Crippen LogP contribution in [0.15, 0.2) is 4.79 Å². The second-order valence-electron chi connectivity index (χ2n) is 5.40. The summed E-state index contributed by atoms with van der Waals surface area (Å²) in [6.07, 6.45) is 0.876. The molecule has 2 heterocycles. The van der Waals surface area contributed by atoms with Crippen LogP contribution in [0.4, 0.5) is 0 Å². The molecule has 1 atom stereocenters. The van der Waals surface area contributed by atoms with E-state index >= 15 is 0 Å². The Labute approximate surface area is 129 Å². The zero-order valence-corrected chi connectivity index (χ0v) is 13.1. The third kappa shape index (κ3) is 3.17. The summed E-state index contributed by atoms with van der Waals surface area (Å²) in [5.41, 5.74) is 0.680. The van der Waals surface area contributed by atoms with Gasteiger partial charge in [0.2, 0.25) is 5.91 Å². The van der Waals surface area contributed by atoms with Gasteiger partial charge in [0, 0.05) is 13.1 Å². The molecule has 0 saturated carbocycles. The SMILES string of the molecule is CC[C@H]1CN(C(=O)Cn2nc(C)c(C)c(C#N)c2=O)CCO1. The lowest BCUT2D eigenvalue weighted by Gasteiger charge is -2.32. The van der Waals surface area contributed by atoms with Gasteiger partial charge in [0.25, 0.3) is 5.56 Å². The average molecular weight is 304 g/mol. The quantitative estimate of drug-likeness (QED) is 0.805. The van der Waals surface area contributed by atoms with Gasteiger partial charge >= 0.3 is 0 Å². The van der Waals surface area contributed by atoms with Gasteiger partial charge < -0.3 is 9.64 Å².